The van der Waals surface area contributed by atoms with E-state index < -0.39 is 0 Å². The molecule has 0 heterocycles. The Balaban J connectivity index is 2.39. The highest BCUT2D eigenvalue weighted by Crippen LogP contribution is 2.27. The molecule has 2 N–H and O–H groups in total. The van der Waals surface area contributed by atoms with Gasteiger partial charge in [-0.25, -0.2) is 0 Å². The number of rotatable bonds is 2. The first-order valence-corrected chi connectivity index (χ1v) is 7.05. The molecule has 110 valence electrons. The van der Waals surface area contributed by atoms with Crippen LogP contribution in [-0.4, -0.2) is 25.9 Å². The zero-order valence-corrected chi connectivity index (χ0v) is 12.4. The summed E-state index contributed by atoms with van der Waals surface area (Å²) in [6.45, 7) is 0. The average Bonchev–Trinajstić information content (AvgIpc) is 2.57. The lowest BCUT2D eigenvalue weighted by Gasteiger charge is -2.10. The first-order valence-electron chi connectivity index (χ1n) is 7.05. The first-order chi connectivity index (χ1) is 10.7. The largest absolute Gasteiger partial charge is 0.355 e. The van der Waals surface area contributed by atoms with Crippen LogP contribution in [0.1, 0.15) is 20.7 Å². The van der Waals surface area contributed by atoms with Crippen LogP contribution in [0.25, 0.3) is 21.5 Å². The molecule has 0 aliphatic rings. The first kappa shape index (κ1) is 14.1. The fraction of sp³-hybridized carbons (Fsp3) is 0.111. The maximum absolute atomic E-state index is 12.0. The Bertz CT molecular complexity index is 829. The predicted molar refractivity (Wildman–Crippen MR) is 88.2 cm³/mol. The Morgan fingerprint density at radius 3 is 1.59 bits per heavy atom. The molecule has 0 aliphatic carbocycles. The summed E-state index contributed by atoms with van der Waals surface area (Å²) in [5.74, 6) is -0.273. The van der Waals surface area contributed by atoms with Crippen LogP contribution < -0.4 is 10.6 Å². The van der Waals surface area contributed by atoms with Gasteiger partial charge >= 0.3 is 0 Å². The number of carbonyl (C=O) groups is 2. The predicted octanol–water partition coefficient (Wildman–Crippen LogP) is 2.71. The van der Waals surface area contributed by atoms with Crippen LogP contribution in [0.15, 0.2) is 48.5 Å². The van der Waals surface area contributed by atoms with Gasteiger partial charge in [0, 0.05) is 25.2 Å². The van der Waals surface area contributed by atoms with Gasteiger partial charge in [0.05, 0.1) is 0 Å². The van der Waals surface area contributed by atoms with Gasteiger partial charge in [-0.15, -0.1) is 0 Å². The van der Waals surface area contributed by atoms with E-state index in [4.69, 9.17) is 0 Å². The minimum Gasteiger partial charge on any atom is -0.355 e. The Hall–Kier alpha value is -2.88. The molecule has 0 bridgehead atoms. The number of amides is 2. The maximum atomic E-state index is 12.0. The second-order valence-corrected chi connectivity index (χ2v) is 5.06. The van der Waals surface area contributed by atoms with Crippen molar-refractivity contribution in [1.82, 2.24) is 10.6 Å². The second-order valence-electron chi connectivity index (χ2n) is 5.06. The molecule has 0 fully saturated rings. The third kappa shape index (κ3) is 2.19. The van der Waals surface area contributed by atoms with E-state index in [0.717, 1.165) is 21.5 Å². The van der Waals surface area contributed by atoms with E-state index in [1.165, 1.54) is 0 Å². The highest BCUT2D eigenvalue weighted by atomic mass is 16.2. The molecular weight excluding hydrogens is 276 g/mol. The van der Waals surface area contributed by atoms with Gasteiger partial charge in [0.1, 0.15) is 0 Å². The van der Waals surface area contributed by atoms with E-state index in [0.29, 0.717) is 11.1 Å². The van der Waals surface area contributed by atoms with Crippen molar-refractivity contribution in [3.63, 3.8) is 0 Å². The van der Waals surface area contributed by atoms with Gasteiger partial charge in [0.2, 0.25) is 0 Å². The fourth-order valence-electron chi connectivity index (χ4n) is 2.72. The molecule has 0 saturated heterocycles. The standard InChI is InChI=1S/C18H16N2O2/c1-19-17(21)13-7-3-5-11-9-12-6-4-8-14(18(22)20-2)16(12)10-15(11)13/h3-10H,1-2H3,(H,19,21)(H,20,22). The Morgan fingerprint density at radius 2 is 1.18 bits per heavy atom. The minimum absolute atomic E-state index is 0.137. The molecule has 4 nitrogen and oxygen atoms in total. The van der Waals surface area contributed by atoms with Crippen molar-refractivity contribution in [2.45, 2.75) is 0 Å². The molecule has 0 unspecified atom stereocenters. The molecule has 4 heteroatoms. The van der Waals surface area contributed by atoms with Crippen LogP contribution >= 0.6 is 0 Å². The fourth-order valence-corrected chi connectivity index (χ4v) is 2.72. The average molecular weight is 292 g/mol. The van der Waals surface area contributed by atoms with Gasteiger partial charge in [-0.05, 0) is 45.8 Å². The summed E-state index contributed by atoms with van der Waals surface area (Å²) >= 11 is 0. The molecule has 3 aromatic carbocycles. The molecule has 3 aromatic rings. The van der Waals surface area contributed by atoms with Gasteiger partial charge in [0.25, 0.3) is 11.8 Å². The van der Waals surface area contributed by atoms with E-state index in [-0.39, 0.29) is 11.8 Å². The Labute approximate surface area is 128 Å². The zero-order valence-electron chi connectivity index (χ0n) is 12.4. The van der Waals surface area contributed by atoms with Crippen molar-refractivity contribution in [3.05, 3.63) is 59.7 Å². The van der Waals surface area contributed by atoms with Crippen LogP contribution in [0.3, 0.4) is 0 Å². The highest BCUT2D eigenvalue weighted by molar-refractivity contribution is 6.14. The summed E-state index contributed by atoms with van der Waals surface area (Å²) < 4.78 is 0. The Morgan fingerprint density at radius 1 is 0.727 bits per heavy atom. The minimum atomic E-state index is -0.137. The van der Waals surface area contributed by atoms with Crippen LogP contribution in [0.5, 0.6) is 0 Å². The highest BCUT2D eigenvalue weighted by Gasteiger charge is 2.12. The van der Waals surface area contributed by atoms with E-state index in [1.807, 2.05) is 36.4 Å². The van der Waals surface area contributed by atoms with Gasteiger partial charge in [-0.1, -0.05) is 24.3 Å². The molecule has 0 aliphatic heterocycles. The maximum Gasteiger partial charge on any atom is 0.251 e. The van der Waals surface area contributed by atoms with Crippen LogP contribution in [0.4, 0.5) is 0 Å². The summed E-state index contributed by atoms with van der Waals surface area (Å²) in [6, 6.07) is 15.2. The number of carbonyl (C=O) groups excluding carboxylic acids is 2. The number of fused-ring (bicyclic) bond motifs is 2. The van der Waals surface area contributed by atoms with E-state index in [9.17, 15) is 9.59 Å². The van der Waals surface area contributed by atoms with Crippen molar-refractivity contribution in [1.29, 1.82) is 0 Å². The molecule has 0 spiro atoms. The van der Waals surface area contributed by atoms with Crippen molar-refractivity contribution in [2.24, 2.45) is 0 Å². The molecule has 0 atom stereocenters. The number of hydrogen-bond donors (Lipinski definition) is 2. The van der Waals surface area contributed by atoms with Gasteiger partial charge in [-0.3, -0.25) is 9.59 Å². The van der Waals surface area contributed by atoms with Crippen molar-refractivity contribution >= 4 is 33.4 Å². The SMILES string of the molecule is CNC(=O)c1cccc2cc3cccc(C(=O)NC)c3cc12. The van der Waals surface area contributed by atoms with Crippen molar-refractivity contribution < 1.29 is 9.59 Å². The summed E-state index contributed by atoms with van der Waals surface area (Å²) in [5, 5.41) is 8.93. The Kier molecular flexibility index (Phi) is 3.51. The van der Waals surface area contributed by atoms with E-state index in [2.05, 4.69) is 10.6 Å². The monoisotopic (exact) mass is 292 g/mol. The summed E-state index contributed by atoms with van der Waals surface area (Å²) in [4.78, 5) is 24.1. The lowest BCUT2D eigenvalue weighted by molar-refractivity contribution is 0.0957. The van der Waals surface area contributed by atoms with Crippen LogP contribution in [0.2, 0.25) is 0 Å². The van der Waals surface area contributed by atoms with E-state index in [1.54, 1.807) is 26.2 Å². The summed E-state index contributed by atoms with van der Waals surface area (Å²) in [5.41, 5.74) is 1.21. The molecule has 0 aromatic heterocycles. The van der Waals surface area contributed by atoms with Crippen LogP contribution in [-0.2, 0) is 0 Å². The van der Waals surface area contributed by atoms with Gasteiger partial charge < -0.3 is 10.6 Å². The van der Waals surface area contributed by atoms with Gasteiger partial charge in [0.15, 0.2) is 0 Å². The molecular formula is C18H16N2O2. The molecule has 3 rings (SSSR count). The zero-order chi connectivity index (χ0) is 15.7. The summed E-state index contributed by atoms with van der Waals surface area (Å²) in [6.07, 6.45) is 0. The lowest BCUT2D eigenvalue weighted by atomic mass is 9.96. The van der Waals surface area contributed by atoms with Gasteiger partial charge in [-0.2, -0.15) is 0 Å². The number of hydrogen-bond acceptors (Lipinski definition) is 2. The quantitative estimate of drug-likeness (QED) is 0.713. The lowest BCUT2D eigenvalue weighted by Crippen LogP contribution is -2.18. The van der Waals surface area contributed by atoms with Crippen molar-refractivity contribution in [2.75, 3.05) is 14.1 Å². The van der Waals surface area contributed by atoms with Crippen molar-refractivity contribution in [3.8, 4) is 0 Å². The topological polar surface area (TPSA) is 58.2 Å². The third-order valence-corrected chi connectivity index (χ3v) is 3.82. The summed E-state index contributed by atoms with van der Waals surface area (Å²) in [7, 11) is 3.22. The second kappa shape index (κ2) is 5.48. The third-order valence-electron chi connectivity index (χ3n) is 3.82. The van der Waals surface area contributed by atoms with Crippen LogP contribution in [0, 0.1) is 0 Å². The smallest absolute Gasteiger partial charge is 0.251 e. The number of benzene rings is 3. The number of nitrogens with one attached hydrogen (secondary N) is 2. The molecule has 2 amide bonds. The normalized spacial score (nSPS) is 10.6. The molecule has 22 heavy (non-hydrogen) atoms. The molecule has 0 saturated carbocycles. The van der Waals surface area contributed by atoms with E-state index >= 15 is 0 Å². The molecule has 0 radical (unpaired) electrons.